The van der Waals surface area contributed by atoms with Crippen molar-refractivity contribution in [2.45, 2.75) is 74.7 Å². The first kappa shape index (κ1) is 25.3. The summed E-state index contributed by atoms with van der Waals surface area (Å²) in [6, 6.07) is 7.63. The Kier molecular flexibility index (Phi) is 6.88. The maximum absolute atomic E-state index is 12.6. The van der Waals surface area contributed by atoms with Crippen LogP contribution in [0.1, 0.15) is 40.0 Å². The highest BCUT2D eigenvalue weighted by Crippen LogP contribution is 2.59. The number of allylic oxidation sites excluding steroid dienone is 1. The van der Waals surface area contributed by atoms with Gasteiger partial charge in [0.2, 0.25) is 5.91 Å². The van der Waals surface area contributed by atoms with Gasteiger partial charge in [-0.15, -0.1) is 0 Å². The number of carbonyl (C=O) groups is 2. The largest absolute Gasteiger partial charge is 0.443 e. The van der Waals surface area contributed by atoms with E-state index in [0.29, 0.717) is 18.2 Å². The van der Waals surface area contributed by atoms with Gasteiger partial charge in [0.25, 0.3) is 0 Å². The molecule has 2 amide bonds. The van der Waals surface area contributed by atoms with Crippen LogP contribution in [-0.2, 0) is 23.7 Å². The molecule has 6 atom stereocenters. The first-order chi connectivity index (χ1) is 17.2. The summed E-state index contributed by atoms with van der Waals surface area (Å²) in [6.45, 7) is 6.89. The van der Waals surface area contributed by atoms with Crippen LogP contribution in [0.15, 0.2) is 41.1 Å². The first-order valence-corrected chi connectivity index (χ1v) is 13.3. The van der Waals surface area contributed by atoms with E-state index < -0.39 is 29.8 Å². The minimum atomic E-state index is -0.772. The average Bonchev–Trinajstić information content (AvgIpc) is 3.71. The lowest BCUT2D eigenvalue weighted by Gasteiger charge is -2.42. The van der Waals surface area contributed by atoms with E-state index in [1.54, 1.807) is 7.11 Å². The Labute approximate surface area is 214 Å². The first-order valence-electron chi connectivity index (χ1n) is 12.3. The molecular weight excluding hydrogens is 482 g/mol. The zero-order valence-electron chi connectivity index (χ0n) is 21.0. The van der Waals surface area contributed by atoms with Crippen molar-refractivity contribution in [1.29, 1.82) is 0 Å². The predicted molar refractivity (Wildman–Crippen MR) is 135 cm³/mol. The summed E-state index contributed by atoms with van der Waals surface area (Å²) >= 11 is 1.23. The lowest BCUT2D eigenvalue weighted by atomic mass is 9.68. The van der Waals surface area contributed by atoms with E-state index in [4.69, 9.17) is 18.9 Å². The van der Waals surface area contributed by atoms with Gasteiger partial charge in [-0.05, 0) is 52.2 Å². The fraction of sp³-hybridized carbons (Fsp3) is 0.577. The van der Waals surface area contributed by atoms with Crippen LogP contribution in [0.4, 0.5) is 4.79 Å². The molecule has 1 saturated carbocycles. The number of nitrogens with one attached hydrogen (secondary N) is 2. The molecule has 1 aromatic heterocycles. The number of ether oxygens (including phenoxy) is 4. The molecule has 10 heteroatoms. The third-order valence-electron chi connectivity index (χ3n) is 7.44. The number of para-hydroxylation sites is 2. The van der Waals surface area contributed by atoms with Crippen molar-refractivity contribution < 1.29 is 28.5 Å². The standard InChI is InChI=1S/C26H33N3O6S/c1-15(2)9-10-19-25(3,35-19)22-21(32-4)18(11-12-26(22)14-33-26)34-24(31)29-20(30)13-36-23-27-16-7-5-6-8-17(16)28-23/h5-9,18-19,21-22H,10-14H2,1-4H3,(H,27,28)(H,29,30,31). The minimum Gasteiger partial charge on any atom is -0.443 e. The number of imide groups is 1. The number of amides is 2. The molecule has 1 aliphatic carbocycles. The van der Waals surface area contributed by atoms with Gasteiger partial charge in [0.05, 0.1) is 35.4 Å². The van der Waals surface area contributed by atoms with Crippen LogP contribution in [0.25, 0.3) is 11.0 Å². The third-order valence-corrected chi connectivity index (χ3v) is 8.32. The van der Waals surface area contributed by atoms with Gasteiger partial charge in [0.1, 0.15) is 23.4 Å². The Morgan fingerprint density at radius 2 is 2.11 bits per heavy atom. The number of thioether (sulfide) groups is 1. The summed E-state index contributed by atoms with van der Waals surface area (Å²) in [5.74, 6) is -0.491. The van der Waals surface area contributed by atoms with Gasteiger partial charge in [-0.1, -0.05) is 35.5 Å². The molecule has 36 heavy (non-hydrogen) atoms. The van der Waals surface area contributed by atoms with Crippen molar-refractivity contribution in [3.05, 3.63) is 35.9 Å². The molecule has 3 aliphatic rings. The number of fused-ring (bicyclic) bond motifs is 1. The van der Waals surface area contributed by atoms with E-state index in [2.05, 4.69) is 42.1 Å². The zero-order chi connectivity index (χ0) is 25.5. The summed E-state index contributed by atoms with van der Waals surface area (Å²) in [5, 5.41) is 2.95. The van der Waals surface area contributed by atoms with E-state index >= 15 is 0 Å². The molecule has 1 spiro atoms. The van der Waals surface area contributed by atoms with E-state index in [1.807, 2.05) is 24.3 Å². The number of imidazole rings is 1. The summed E-state index contributed by atoms with van der Waals surface area (Å²) < 4.78 is 23.7. The molecule has 3 heterocycles. The van der Waals surface area contributed by atoms with Crippen LogP contribution in [0.5, 0.6) is 0 Å². The quantitative estimate of drug-likeness (QED) is 0.308. The maximum Gasteiger partial charge on any atom is 0.414 e. The topological polar surface area (TPSA) is 118 Å². The summed E-state index contributed by atoms with van der Waals surface area (Å²) in [5.41, 5.74) is 2.25. The SMILES string of the molecule is COC1C(OC(=O)NC(=O)CSc2nc3ccccc3[nH]2)CCC2(CO2)C1C1(C)OC1CC=C(C)C. The molecule has 2 aliphatic heterocycles. The second-order valence-corrected chi connectivity index (χ2v) is 11.2. The van der Waals surface area contributed by atoms with Crippen LogP contribution in [0.2, 0.25) is 0 Å². The van der Waals surface area contributed by atoms with E-state index in [-0.39, 0.29) is 23.4 Å². The number of aromatic amines is 1. The van der Waals surface area contributed by atoms with E-state index in [1.165, 1.54) is 17.3 Å². The number of benzene rings is 1. The number of aromatic nitrogens is 2. The lowest BCUT2D eigenvalue weighted by molar-refractivity contribution is -0.124. The summed E-state index contributed by atoms with van der Waals surface area (Å²) in [6.07, 6.45) is 2.75. The van der Waals surface area contributed by atoms with Crippen molar-refractivity contribution in [2.24, 2.45) is 5.92 Å². The normalized spacial score (nSPS) is 32.8. The highest BCUT2D eigenvalue weighted by atomic mass is 32.2. The second kappa shape index (κ2) is 9.81. The number of carbonyl (C=O) groups excluding carboxylic acids is 2. The highest BCUT2D eigenvalue weighted by Gasteiger charge is 2.72. The van der Waals surface area contributed by atoms with Crippen LogP contribution in [0.3, 0.4) is 0 Å². The molecule has 5 rings (SSSR count). The molecule has 1 aromatic carbocycles. The Hall–Kier alpha value is -2.40. The van der Waals surface area contributed by atoms with Crippen LogP contribution in [0, 0.1) is 5.92 Å². The molecular formula is C26H33N3O6S. The van der Waals surface area contributed by atoms with Crippen molar-refractivity contribution in [3.63, 3.8) is 0 Å². The average molecular weight is 516 g/mol. The molecule has 0 radical (unpaired) electrons. The number of hydrogen-bond acceptors (Lipinski definition) is 8. The van der Waals surface area contributed by atoms with Crippen molar-refractivity contribution in [1.82, 2.24) is 15.3 Å². The third kappa shape index (κ3) is 5.04. The second-order valence-electron chi connectivity index (χ2n) is 10.2. The van der Waals surface area contributed by atoms with Gasteiger partial charge < -0.3 is 23.9 Å². The van der Waals surface area contributed by atoms with E-state index in [9.17, 15) is 9.59 Å². The molecule has 0 bridgehead atoms. The maximum atomic E-state index is 12.6. The number of alkyl carbamates (subject to hydrolysis) is 1. The number of nitrogens with zero attached hydrogens (tertiary/aromatic N) is 1. The van der Waals surface area contributed by atoms with Crippen LogP contribution >= 0.6 is 11.8 Å². The molecule has 2 aromatic rings. The van der Waals surface area contributed by atoms with Crippen LogP contribution in [-0.4, -0.2) is 71.0 Å². The fourth-order valence-electron chi connectivity index (χ4n) is 5.52. The monoisotopic (exact) mass is 515 g/mol. The van der Waals surface area contributed by atoms with Crippen molar-refractivity contribution in [2.75, 3.05) is 19.5 Å². The molecule has 6 unspecified atom stereocenters. The van der Waals surface area contributed by atoms with E-state index in [0.717, 1.165) is 23.9 Å². The highest BCUT2D eigenvalue weighted by molar-refractivity contribution is 7.99. The fourth-order valence-corrected chi connectivity index (χ4v) is 6.20. The van der Waals surface area contributed by atoms with Gasteiger partial charge in [-0.2, -0.15) is 0 Å². The number of methoxy groups -OCH3 is 1. The molecule has 9 nitrogen and oxygen atoms in total. The van der Waals surface area contributed by atoms with Gasteiger partial charge in [0.15, 0.2) is 5.16 Å². The molecule has 3 fully saturated rings. The molecule has 2 saturated heterocycles. The Morgan fingerprint density at radius 3 is 2.81 bits per heavy atom. The Bertz CT molecular complexity index is 1140. The number of epoxide rings is 2. The molecule has 2 N–H and O–H groups in total. The van der Waals surface area contributed by atoms with Crippen LogP contribution < -0.4 is 5.32 Å². The number of rotatable bonds is 8. The Balaban J connectivity index is 1.17. The van der Waals surface area contributed by atoms with Gasteiger partial charge in [-0.25, -0.2) is 9.78 Å². The lowest BCUT2D eigenvalue weighted by Crippen LogP contribution is -2.56. The molecule has 194 valence electrons. The smallest absolute Gasteiger partial charge is 0.414 e. The van der Waals surface area contributed by atoms with Gasteiger partial charge in [0, 0.05) is 7.11 Å². The zero-order valence-corrected chi connectivity index (χ0v) is 21.9. The van der Waals surface area contributed by atoms with Gasteiger partial charge in [-0.3, -0.25) is 10.1 Å². The Morgan fingerprint density at radius 1 is 1.33 bits per heavy atom. The minimum absolute atomic E-state index is 0.0326. The van der Waals surface area contributed by atoms with Crippen molar-refractivity contribution in [3.8, 4) is 0 Å². The van der Waals surface area contributed by atoms with Crippen molar-refractivity contribution >= 4 is 34.8 Å². The summed E-state index contributed by atoms with van der Waals surface area (Å²) in [4.78, 5) is 32.6. The summed E-state index contributed by atoms with van der Waals surface area (Å²) in [7, 11) is 1.62. The number of hydrogen-bond donors (Lipinski definition) is 2. The van der Waals surface area contributed by atoms with Gasteiger partial charge >= 0.3 is 6.09 Å². The number of H-pyrrole nitrogens is 1. The predicted octanol–water partition coefficient (Wildman–Crippen LogP) is 3.98.